The molecule has 0 atom stereocenters. The molecule has 117 valence electrons. The van der Waals surface area contributed by atoms with Crippen molar-refractivity contribution >= 4 is 17.5 Å². The zero-order chi connectivity index (χ0) is 16.1. The maximum atomic E-state index is 12.4. The third kappa shape index (κ3) is 3.76. The smallest absolute Gasteiger partial charge is 0.255 e. The average molecular weight is 309 g/mol. The number of anilines is 1. The molecule has 5 heteroatoms. The third-order valence-electron chi connectivity index (χ3n) is 3.63. The number of ether oxygens (including phenoxy) is 1. The maximum absolute atomic E-state index is 12.4. The van der Waals surface area contributed by atoms with Gasteiger partial charge in [0.1, 0.15) is 0 Å². The molecule has 1 aliphatic heterocycles. The van der Waals surface area contributed by atoms with E-state index in [-0.39, 0.29) is 11.8 Å². The summed E-state index contributed by atoms with van der Waals surface area (Å²) in [6.45, 7) is 2.28. The summed E-state index contributed by atoms with van der Waals surface area (Å²) in [6.07, 6.45) is 0. The van der Waals surface area contributed by atoms with E-state index in [1.165, 1.54) is 0 Å². The van der Waals surface area contributed by atoms with Gasteiger partial charge in [0, 0.05) is 29.9 Å². The lowest BCUT2D eigenvalue weighted by atomic mass is 10.1. The van der Waals surface area contributed by atoms with Gasteiger partial charge in [-0.3, -0.25) is 9.59 Å². The van der Waals surface area contributed by atoms with Crippen molar-refractivity contribution in [1.82, 2.24) is 4.90 Å². The summed E-state index contributed by atoms with van der Waals surface area (Å²) < 4.78 is 5.25. The zero-order valence-corrected chi connectivity index (χ0v) is 12.6. The van der Waals surface area contributed by atoms with Gasteiger partial charge in [0.05, 0.1) is 13.2 Å². The van der Waals surface area contributed by atoms with Crippen LogP contribution in [0.3, 0.4) is 0 Å². The highest BCUT2D eigenvalue weighted by Gasteiger charge is 2.18. The average Bonchev–Trinajstić information content (AvgIpc) is 2.63. The molecule has 2 aromatic carbocycles. The summed E-state index contributed by atoms with van der Waals surface area (Å²) >= 11 is 0. The minimum atomic E-state index is -0.213. The summed E-state index contributed by atoms with van der Waals surface area (Å²) in [5, 5.41) is 2.79. The Morgan fingerprint density at radius 3 is 2.52 bits per heavy atom. The predicted molar refractivity (Wildman–Crippen MR) is 86.4 cm³/mol. The van der Waals surface area contributed by atoms with Gasteiger partial charge in [0.2, 0.25) is 0 Å². The van der Waals surface area contributed by atoms with Crippen molar-refractivity contribution < 1.29 is 14.3 Å². The zero-order valence-electron chi connectivity index (χ0n) is 12.6. The standard InChI is InChI=1S/C18H17N2O3/c21-17(14-5-2-1-3-6-14)19-16-8-4-7-15(13-16)18(22)20-9-11-23-12-10-20/h1-3,5-8,13H,9-12H2,(H,19,21). The number of benzene rings is 2. The van der Waals surface area contributed by atoms with Crippen LogP contribution in [0.15, 0.2) is 48.5 Å². The Balaban J connectivity index is 1.72. The first-order chi connectivity index (χ1) is 11.2. The van der Waals surface area contributed by atoms with E-state index in [0.717, 1.165) is 0 Å². The Bertz CT molecular complexity index is 694. The van der Waals surface area contributed by atoms with Gasteiger partial charge in [-0.05, 0) is 36.4 Å². The van der Waals surface area contributed by atoms with Crippen LogP contribution in [0.1, 0.15) is 20.7 Å². The van der Waals surface area contributed by atoms with Crippen LogP contribution in [-0.2, 0) is 4.74 Å². The van der Waals surface area contributed by atoms with Crippen molar-refractivity contribution in [3.63, 3.8) is 0 Å². The van der Waals surface area contributed by atoms with Gasteiger partial charge in [0.15, 0.2) is 0 Å². The van der Waals surface area contributed by atoms with Gasteiger partial charge >= 0.3 is 0 Å². The monoisotopic (exact) mass is 309 g/mol. The Labute approximate surface area is 134 Å². The topological polar surface area (TPSA) is 58.6 Å². The van der Waals surface area contributed by atoms with E-state index < -0.39 is 0 Å². The highest BCUT2D eigenvalue weighted by molar-refractivity contribution is 6.05. The molecule has 0 saturated carbocycles. The summed E-state index contributed by atoms with van der Waals surface area (Å²) in [5.74, 6) is -0.282. The van der Waals surface area contributed by atoms with Crippen LogP contribution in [0.5, 0.6) is 0 Å². The van der Waals surface area contributed by atoms with E-state index in [0.29, 0.717) is 43.1 Å². The van der Waals surface area contributed by atoms with Crippen molar-refractivity contribution in [2.45, 2.75) is 0 Å². The molecule has 0 bridgehead atoms. The Morgan fingerprint density at radius 2 is 1.78 bits per heavy atom. The molecule has 0 unspecified atom stereocenters. The van der Waals surface area contributed by atoms with E-state index in [2.05, 4.69) is 11.4 Å². The number of carbonyl (C=O) groups excluding carboxylic acids is 2. The van der Waals surface area contributed by atoms with Crippen LogP contribution in [0.25, 0.3) is 0 Å². The second-order valence-corrected chi connectivity index (χ2v) is 5.24. The molecule has 1 fully saturated rings. The normalized spacial score (nSPS) is 14.3. The van der Waals surface area contributed by atoms with Crippen LogP contribution in [0.2, 0.25) is 0 Å². The minimum absolute atomic E-state index is 0.0691. The summed E-state index contributed by atoms with van der Waals surface area (Å²) in [6, 6.07) is 16.8. The van der Waals surface area contributed by atoms with Crippen molar-refractivity contribution in [3.8, 4) is 0 Å². The molecule has 0 aromatic heterocycles. The molecule has 2 aromatic rings. The maximum Gasteiger partial charge on any atom is 0.255 e. The molecule has 0 spiro atoms. The first-order valence-electron chi connectivity index (χ1n) is 7.48. The first kappa shape index (κ1) is 15.2. The molecule has 23 heavy (non-hydrogen) atoms. The number of rotatable bonds is 3. The lowest BCUT2D eigenvalue weighted by Crippen LogP contribution is -2.40. The Morgan fingerprint density at radius 1 is 1.04 bits per heavy atom. The fourth-order valence-corrected chi connectivity index (χ4v) is 2.41. The van der Waals surface area contributed by atoms with E-state index in [4.69, 9.17) is 4.74 Å². The second kappa shape index (κ2) is 7.07. The van der Waals surface area contributed by atoms with Gasteiger partial charge in [-0.25, -0.2) is 0 Å². The quantitative estimate of drug-likeness (QED) is 0.945. The van der Waals surface area contributed by atoms with Crippen molar-refractivity contribution in [2.75, 3.05) is 31.6 Å². The fourth-order valence-electron chi connectivity index (χ4n) is 2.41. The Kier molecular flexibility index (Phi) is 4.68. The molecule has 0 aliphatic carbocycles. The lowest BCUT2D eigenvalue weighted by Gasteiger charge is -2.27. The second-order valence-electron chi connectivity index (χ2n) is 5.24. The predicted octanol–water partition coefficient (Wildman–Crippen LogP) is 2.21. The number of carbonyl (C=O) groups is 2. The van der Waals surface area contributed by atoms with Crippen LogP contribution in [-0.4, -0.2) is 43.0 Å². The van der Waals surface area contributed by atoms with Crippen molar-refractivity contribution in [3.05, 3.63) is 65.7 Å². The van der Waals surface area contributed by atoms with E-state index in [9.17, 15) is 9.59 Å². The fraction of sp³-hybridized carbons (Fsp3) is 0.222. The van der Waals surface area contributed by atoms with E-state index in [1.807, 2.05) is 6.07 Å². The largest absolute Gasteiger partial charge is 0.378 e. The highest BCUT2D eigenvalue weighted by atomic mass is 16.5. The lowest BCUT2D eigenvalue weighted by molar-refractivity contribution is 0.0303. The van der Waals surface area contributed by atoms with Gasteiger partial charge in [-0.2, -0.15) is 0 Å². The molecule has 5 nitrogen and oxygen atoms in total. The van der Waals surface area contributed by atoms with E-state index >= 15 is 0 Å². The Hall–Kier alpha value is -2.66. The minimum Gasteiger partial charge on any atom is -0.378 e. The molecule has 2 amide bonds. The molecule has 1 saturated heterocycles. The van der Waals surface area contributed by atoms with Gasteiger partial charge in [-0.1, -0.05) is 18.2 Å². The van der Waals surface area contributed by atoms with Crippen LogP contribution in [0, 0.1) is 6.07 Å². The molecule has 1 heterocycles. The molecule has 1 N–H and O–H groups in total. The number of nitrogens with one attached hydrogen (secondary N) is 1. The summed E-state index contributed by atoms with van der Waals surface area (Å²) in [4.78, 5) is 26.4. The van der Waals surface area contributed by atoms with Gasteiger partial charge in [0.25, 0.3) is 11.8 Å². The van der Waals surface area contributed by atoms with Crippen molar-refractivity contribution in [1.29, 1.82) is 0 Å². The number of hydrogen-bond acceptors (Lipinski definition) is 3. The number of hydrogen-bond donors (Lipinski definition) is 1. The molecular formula is C18H17N2O3. The van der Waals surface area contributed by atoms with Crippen molar-refractivity contribution in [2.24, 2.45) is 0 Å². The number of nitrogens with zero attached hydrogens (tertiary/aromatic N) is 1. The molecular weight excluding hydrogens is 292 g/mol. The van der Waals surface area contributed by atoms with E-state index in [1.54, 1.807) is 47.4 Å². The third-order valence-corrected chi connectivity index (χ3v) is 3.63. The van der Waals surface area contributed by atoms with Crippen LogP contribution in [0.4, 0.5) is 5.69 Å². The highest BCUT2D eigenvalue weighted by Crippen LogP contribution is 2.14. The molecule has 3 rings (SSSR count). The number of morpholine rings is 1. The number of amides is 2. The molecule has 1 radical (unpaired) electrons. The first-order valence-corrected chi connectivity index (χ1v) is 7.48. The SMILES string of the molecule is O=C(Nc1c[c]cc(C(=O)N2CCOCC2)c1)c1ccccc1. The van der Waals surface area contributed by atoms with Gasteiger partial charge < -0.3 is 15.0 Å². The molecule has 1 aliphatic rings. The summed E-state index contributed by atoms with van der Waals surface area (Å²) in [5.41, 5.74) is 1.63. The summed E-state index contributed by atoms with van der Waals surface area (Å²) in [7, 11) is 0. The van der Waals surface area contributed by atoms with Gasteiger partial charge in [-0.15, -0.1) is 0 Å². The van der Waals surface area contributed by atoms with Crippen LogP contribution < -0.4 is 5.32 Å². The van der Waals surface area contributed by atoms with Crippen LogP contribution >= 0.6 is 0 Å².